The van der Waals surface area contributed by atoms with Crippen LogP contribution in [0.5, 0.6) is 0 Å². The number of likely N-dealkylation sites (tertiary alicyclic amines) is 1. The predicted molar refractivity (Wildman–Crippen MR) is 130 cm³/mol. The average Bonchev–Trinajstić information content (AvgIpc) is 3.43. The van der Waals surface area contributed by atoms with Crippen LogP contribution in [-0.4, -0.2) is 46.5 Å². The molecule has 4 rings (SSSR count). The lowest BCUT2D eigenvalue weighted by atomic mass is 9.91. The Kier molecular flexibility index (Phi) is 6.43. The van der Waals surface area contributed by atoms with Crippen molar-refractivity contribution in [1.82, 2.24) is 4.90 Å². The van der Waals surface area contributed by atoms with Gasteiger partial charge in [0.15, 0.2) is 5.60 Å². The van der Waals surface area contributed by atoms with Crippen LogP contribution < -0.4 is 11.1 Å². The molecule has 2 atom stereocenters. The highest BCUT2D eigenvalue weighted by atomic mass is 35.5. The Bertz CT molecular complexity index is 1210. The molecule has 1 saturated heterocycles. The number of anilines is 1. The lowest BCUT2D eigenvalue weighted by molar-refractivity contribution is -0.121. The van der Waals surface area contributed by atoms with Crippen molar-refractivity contribution in [2.24, 2.45) is 10.9 Å². The Hall–Kier alpha value is -3.65. The predicted octanol–water partition coefficient (Wildman–Crippen LogP) is 3.51. The van der Waals surface area contributed by atoms with E-state index < -0.39 is 17.6 Å². The zero-order chi connectivity index (χ0) is 24.5. The maximum absolute atomic E-state index is 13.1. The van der Waals surface area contributed by atoms with Gasteiger partial charge in [0.1, 0.15) is 6.04 Å². The smallest absolute Gasteiger partial charge is 0.254 e. The van der Waals surface area contributed by atoms with Crippen molar-refractivity contribution >= 4 is 40.7 Å². The number of halogens is 1. The molecule has 2 aliphatic heterocycles. The number of allylic oxidation sites excluding steroid dienone is 1. The van der Waals surface area contributed by atoms with Gasteiger partial charge in [0.05, 0.1) is 12.3 Å². The van der Waals surface area contributed by atoms with E-state index in [0.717, 1.165) is 5.56 Å². The molecule has 0 radical (unpaired) electrons. The minimum atomic E-state index is -0.849. The van der Waals surface area contributed by atoms with Gasteiger partial charge in [-0.1, -0.05) is 35.0 Å². The van der Waals surface area contributed by atoms with Crippen LogP contribution in [-0.2, 0) is 14.4 Å². The van der Waals surface area contributed by atoms with Gasteiger partial charge in [0, 0.05) is 40.3 Å². The standard InChI is InChI=1S/C25H25ClN4O4/c1-3-15(2)23(32)28-19-6-4-5-17(11-19)20-12-25(34-29-20)13-21(22(27)31)30(14-25)24(33)16-7-9-18(26)10-8-16/h3-11,21H,12-14H2,1-2H3,(H2,27,31)(H,28,32)/b15-3-/t21-,25?/m1/s1. The molecule has 176 valence electrons. The topological polar surface area (TPSA) is 114 Å². The van der Waals surface area contributed by atoms with Crippen molar-refractivity contribution in [3.05, 3.63) is 76.3 Å². The van der Waals surface area contributed by atoms with Crippen molar-refractivity contribution in [2.45, 2.75) is 38.3 Å². The Balaban J connectivity index is 1.52. The van der Waals surface area contributed by atoms with Gasteiger partial charge in [-0.2, -0.15) is 0 Å². The summed E-state index contributed by atoms with van der Waals surface area (Å²) in [6.07, 6.45) is 2.38. The fourth-order valence-corrected chi connectivity index (χ4v) is 4.31. The molecular formula is C25H25ClN4O4. The summed E-state index contributed by atoms with van der Waals surface area (Å²) >= 11 is 5.93. The van der Waals surface area contributed by atoms with Gasteiger partial charge in [-0.3, -0.25) is 14.4 Å². The van der Waals surface area contributed by atoms with Gasteiger partial charge in [-0.15, -0.1) is 0 Å². The minimum Gasteiger partial charge on any atom is -0.387 e. The van der Waals surface area contributed by atoms with Crippen LogP contribution in [0.15, 0.2) is 65.3 Å². The van der Waals surface area contributed by atoms with Gasteiger partial charge in [0.2, 0.25) is 5.91 Å². The fraction of sp³-hybridized carbons (Fsp3) is 0.280. The minimum absolute atomic E-state index is 0.173. The van der Waals surface area contributed by atoms with Crippen LogP contribution in [0.2, 0.25) is 5.02 Å². The first-order valence-electron chi connectivity index (χ1n) is 10.9. The second kappa shape index (κ2) is 9.30. The summed E-state index contributed by atoms with van der Waals surface area (Å²) in [6.45, 7) is 3.72. The summed E-state index contributed by atoms with van der Waals surface area (Å²) in [5, 5.41) is 7.64. The first-order chi connectivity index (χ1) is 16.2. The van der Waals surface area contributed by atoms with E-state index in [2.05, 4.69) is 10.5 Å². The molecule has 2 aromatic rings. The maximum atomic E-state index is 13.1. The van der Waals surface area contributed by atoms with Crippen LogP contribution >= 0.6 is 11.6 Å². The number of benzene rings is 2. The van der Waals surface area contributed by atoms with E-state index >= 15 is 0 Å². The Morgan fingerprint density at radius 1 is 1.24 bits per heavy atom. The summed E-state index contributed by atoms with van der Waals surface area (Å²) in [6, 6.07) is 13.0. The molecule has 0 bridgehead atoms. The number of nitrogens with one attached hydrogen (secondary N) is 1. The molecule has 2 aliphatic rings. The summed E-state index contributed by atoms with van der Waals surface area (Å²) in [5.41, 5.74) is 7.89. The van der Waals surface area contributed by atoms with Crippen LogP contribution in [0.3, 0.4) is 0 Å². The Labute approximate surface area is 202 Å². The van der Waals surface area contributed by atoms with Crippen molar-refractivity contribution in [1.29, 1.82) is 0 Å². The van der Waals surface area contributed by atoms with Crippen molar-refractivity contribution in [2.75, 3.05) is 11.9 Å². The highest BCUT2D eigenvalue weighted by molar-refractivity contribution is 6.30. The number of rotatable bonds is 5. The highest BCUT2D eigenvalue weighted by Crippen LogP contribution is 2.39. The van der Waals surface area contributed by atoms with E-state index in [1.54, 1.807) is 50.3 Å². The van der Waals surface area contributed by atoms with Gasteiger partial charge in [-0.25, -0.2) is 0 Å². The number of carbonyl (C=O) groups excluding carboxylic acids is 3. The Morgan fingerprint density at radius 2 is 1.97 bits per heavy atom. The largest absolute Gasteiger partial charge is 0.387 e. The molecule has 3 amide bonds. The molecule has 2 heterocycles. The average molecular weight is 481 g/mol. The molecule has 0 saturated carbocycles. The quantitative estimate of drug-likeness (QED) is 0.637. The molecule has 3 N–H and O–H groups in total. The van der Waals surface area contributed by atoms with E-state index in [1.807, 2.05) is 18.2 Å². The van der Waals surface area contributed by atoms with Crippen molar-refractivity contribution in [3.8, 4) is 0 Å². The van der Waals surface area contributed by atoms with Crippen molar-refractivity contribution < 1.29 is 19.2 Å². The van der Waals surface area contributed by atoms with Crippen LogP contribution in [0.4, 0.5) is 5.69 Å². The third-order valence-electron chi connectivity index (χ3n) is 6.16. The van der Waals surface area contributed by atoms with Gasteiger partial charge >= 0.3 is 0 Å². The monoisotopic (exact) mass is 480 g/mol. The van der Waals surface area contributed by atoms with Crippen molar-refractivity contribution in [3.63, 3.8) is 0 Å². The molecule has 0 aromatic heterocycles. The van der Waals surface area contributed by atoms with E-state index in [9.17, 15) is 14.4 Å². The third-order valence-corrected chi connectivity index (χ3v) is 6.42. The zero-order valence-electron chi connectivity index (χ0n) is 18.9. The molecule has 1 spiro atoms. The number of hydrogen-bond donors (Lipinski definition) is 2. The van der Waals surface area contributed by atoms with Crippen LogP contribution in [0.1, 0.15) is 42.6 Å². The number of nitrogens with zero attached hydrogens (tertiary/aromatic N) is 2. The molecule has 2 aromatic carbocycles. The van der Waals surface area contributed by atoms with Gasteiger partial charge < -0.3 is 20.8 Å². The number of oxime groups is 1. The molecule has 9 heteroatoms. The molecule has 0 aliphatic carbocycles. The molecule has 1 unspecified atom stereocenters. The Morgan fingerprint density at radius 3 is 2.65 bits per heavy atom. The highest BCUT2D eigenvalue weighted by Gasteiger charge is 2.53. The lowest BCUT2D eigenvalue weighted by Gasteiger charge is -2.23. The zero-order valence-corrected chi connectivity index (χ0v) is 19.6. The SMILES string of the molecule is C/C=C(/C)C(=O)Nc1cccc(C2=NOC3(C2)C[C@H](C(N)=O)N(C(=O)c2ccc(Cl)cc2)C3)c1. The van der Waals surface area contributed by atoms with E-state index in [4.69, 9.17) is 22.2 Å². The summed E-state index contributed by atoms with van der Waals surface area (Å²) in [5.74, 6) is -1.10. The summed E-state index contributed by atoms with van der Waals surface area (Å²) in [4.78, 5) is 44.8. The first-order valence-corrected chi connectivity index (χ1v) is 11.2. The second-order valence-corrected chi connectivity index (χ2v) is 8.99. The molecule has 1 fully saturated rings. The molecule has 34 heavy (non-hydrogen) atoms. The second-order valence-electron chi connectivity index (χ2n) is 8.56. The number of amides is 3. The van der Waals surface area contributed by atoms with E-state index in [0.29, 0.717) is 34.0 Å². The number of primary amides is 1. The van der Waals surface area contributed by atoms with E-state index in [1.165, 1.54) is 4.90 Å². The van der Waals surface area contributed by atoms with E-state index in [-0.39, 0.29) is 24.8 Å². The number of carbonyl (C=O) groups is 3. The van der Waals surface area contributed by atoms with Crippen LogP contribution in [0.25, 0.3) is 0 Å². The fourth-order valence-electron chi connectivity index (χ4n) is 4.18. The van der Waals surface area contributed by atoms with Gasteiger partial charge in [-0.05, 0) is 50.2 Å². The van der Waals surface area contributed by atoms with Crippen LogP contribution in [0, 0.1) is 0 Å². The normalized spacial score (nSPS) is 21.9. The third kappa shape index (κ3) is 4.68. The van der Waals surface area contributed by atoms with Gasteiger partial charge in [0.25, 0.3) is 11.8 Å². The summed E-state index contributed by atoms with van der Waals surface area (Å²) in [7, 11) is 0. The first kappa shape index (κ1) is 23.5. The number of hydrogen-bond acceptors (Lipinski definition) is 5. The lowest BCUT2D eigenvalue weighted by Crippen LogP contribution is -2.44. The molecule has 8 nitrogen and oxygen atoms in total. The summed E-state index contributed by atoms with van der Waals surface area (Å²) < 4.78 is 0. The number of nitrogens with two attached hydrogens (primary N) is 1. The maximum Gasteiger partial charge on any atom is 0.254 e. The molecular weight excluding hydrogens is 456 g/mol.